The van der Waals surface area contributed by atoms with Crippen molar-refractivity contribution in [2.75, 3.05) is 32.9 Å². The van der Waals surface area contributed by atoms with Crippen LogP contribution in [0.4, 0.5) is 0 Å². The van der Waals surface area contributed by atoms with Crippen LogP contribution in [-0.2, 0) is 34.6 Å². The molecule has 0 N–H and O–H groups in total. The topological polar surface area (TPSA) is 39.5 Å². The van der Waals surface area contributed by atoms with Gasteiger partial charge in [-0.25, -0.2) is 0 Å². The minimum Gasteiger partial charge on any atom is -0.380 e. The molecule has 0 amide bonds. The first kappa shape index (κ1) is 21.3. The molecule has 7 heteroatoms. The van der Waals surface area contributed by atoms with Crippen LogP contribution in [0.25, 0.3) is 0 Å². The van der Waals surface area contributed by atoms with Crippen LogP contribution in [-0.4, -0.2) is 47.6 Å². The summed E-state index contributed by atoms with van der Waals surface area (Å²) in [6.07, 6.45) is 7.29. The Hall–Kier alpha value is -0.920. The SMILES string of the molecule is CC.CC1(Cn2cc(CN3CCC4(CC3)OCCc3cc(Cl)sc34)cn2)COC1. The normalized spacial score (nSPS) is 22.5. The molecular formula is C22H32ClN3O2S. The lowest BCUT2D eigenvalue weighted by molar-refractivity contribution is -0.111. The van der Waals surface area contributed by atoms with Crippen LogP contribution in [0.3, 0.4) is 0 Å². The third-order valence-electron chi connectivity index (χ3n) is 6.14. The van der Waals surface area contributed by atoms with E-state index in [1.807, 2.05) is 20.0 Å². The van der Waals surface area contributed by atoms with Gasteiger partial charge in [-0.1, -0.05) is 32.4 Å². The summed E-state index contributed by atoms with van der Waals surface area (Å²) in [4.78, 5) is 3.90. The van der Waals surface area contributed by atoms with E-state index in [1.165, 1.54) is 16.0 Å². The Kier molecular flexibility index (Phi) is 6.38. The fourth-order valence-corrected chi connectivity index (χ4v) is 6.10. The van der Waals surface area contributed by atoms with E-state index >= 15 is 0 Å². The van der Waals surface area contributed by atoms with Gasteiger partial charge in [-0.05, 0) is 30.9 Å². The van der Waals surface area contributed by atoms with Gasteiger partial charge in [0.05, 0.1) is 36.9 Å². The summed E-state index contributed by atoms with van der Waals surface area (Å²) in [5.74, 6) is 0. The van der Waals surface area contributed by atoms with E-state index in [0.29, 0.717) is 0 Å². The van der Waals surface area contributed by atoms with Crippen LogP contribution in [0.2, 0.25) is 4.34 Å². The molecule has 5 heterocycles. The summed E-state index contributed by atoms with van der Waals surface area (Å²) >= 11 is 8.00. The number of thiophene rings is 1. The molecule has 3 aliphatic rings. The summed E-state index contributed by atoms with van der Waals surface area (Å²) in [6.45, 7) is 12.7. The highest BCUT2D eigenvalue weighted by atomic mass is 35.5. The molecule has 2 saturated heterocycles. The van der Waals surface area contributed by atoms with E-state index in [4.69, 9.17) is 21.1 Å². The highest BCUT2D eigenvalue weighted by Crippen LogP contribution is 2.46. The Morgan fingerprint density at radius 1 is 1.24 bits per heavy atom. The molecule has 2 aromatic rings. The number of hydrogen-bond donors (Lipinski definition) is 0. The van der Waals surface area contributed by atoms with Crippen molar-refractivity contribution in [3.8, 4) is 0 Å². The molecule has 160 valence electrons. The van der Waals surface area contributed by atoms with Gasteiger partial charge in [-0.3, -0.25) is 9.58 Å². The van der Waals surface area contributed by atoms with E-state index in [1.54, 1.807) is 11.3 Å². The van der Waals surface area contributed by atoms with E-state index < -0.39 is 0 Å². The number of likely N-dealkylation sites (tertiary alicyclic amines) is 1. The first-order valence-corrected chi connectivity index (χ1v) is 12.0. The van der Waals surface area contributed by atoms with Gasteiger partial charge in [0.2, 0.25) is 0 Å². The maximum absolute atomic E-state index is 6.32. The molecule has 0 aliphatic carbocycles. The van der Waals surface area contributed by atoms with Crippen molar-refractivity contribution < 1.29 is 9.47 Å². The summed E-state index contributed by atoms with van der Waals surface area (Å²) < 4.78 is 14.6. The Labute approximate surface area is 182 Å². The van der Waals surface area contributed by atoms with Crippen LogP contribution in [0.15, 0.2) is 18.5 Å². The molecule has 0 radical (unpaired) electrons. The van der Waals surface area contributed by atoms with Crippen molar-refractivity contribution in [3.05, 3.63) is 38.8 Å². The molecule has 5 nitrogen and oxygen atoms in total. The molecule has 0 atom stereocenters. The third-order valence-corrected chi connectivity index (χ3v) is 7.64. The zero-order chi connectivity index (χ0) is 20.5. The predicted molar refractivity (Wildman–Crippen MR) is 118 cm³/mol. The van der Waals surface area contributed by atoms with E-state index in [-0.39, 0.29) is 11.0 Å². The smallest absolute Gasteiger partial charge is 0.105 e. The largest absolute Gasteiger partial charge is 0.380 e. The number of fused-ring (bicyclic) bond motifs is 2. The number of halogens is 1. The maximum Gasteiger partial charge on any atom is 0.105 e. The van der Waals surface area contributed by atoms with Crippen LogP contribution >= 0.6 is 22.9 Å². The Morgan fingerprint density at radius 2 is 2.00 bits per heavy atom. The first-order valence-electron chi connectivity index (χ1n) is 10.8. The fraction of sp³-hybridized carbons (Fsp3) is 0.682. The van der Waals surface area contributed by atoms with E-state index in [9.17, 15) is 0 Å². The quantitative estimate of drug-likeness (QED) is 0.693. The number of nitrogens with zero attached hydrogens (tertiary/aromatic N) is 3. The van der Waals surface area contributed by atoms with E-state index in [0.717, 1.165) is 69.6 Å². The average Bonchev–Trinajstić information content (AvgIpc) is 3.30. The standard InChI is InChI=1S/C20H26ClN3O2S.C2H6/c1-19(13-25-14-19)12-24-11-15(9-22-24)10-23-5-3-20(4-6-23)18-16(2-7-26-20)8-17(21)27-18;1-2/h8-9,11H,2-7,10,12-14H2,1H3;1-2H3. The van der Waals surface area contributed by atoms with Gasteiger partial charge in [0.1, 0.15) is 5.60 Å². The van der Waals surface area contributed by atoms with E-state index in [2.05, 4.69) is 33.9 Å². The van der Waals surface area contributed by atoms with Crippen LogP contribution in [0, 0.1) is 5.41 Å². The number of ether oxygens (including phenoxy) is 2. The Morgan fingerprint density at radius 3 is 2.69 bits per heavy atom. The molecule has 29 heavy (non-hydrogen) atoms. The number of aromatic nitrogens is 2. The molecule has 0 unspecified atom stereocenters. The van der Waals surface area contributed by atoms with Crippen molar-refractivity contribution >= 4 is 22.9 Å². The Bertz CT molecular complexity index is 822. The van der Waals surface area contributed by atoms with Crippen molar-refractivity contribution in [2.45, 2.75) is 58.7 Å². The molecule has 2 fully saturated rings. The second kappa shape index (κ2) is 8.67. The van der Waals surface area contributed by atoms with Gasteiger partial charge in [-0.15, -0.1) is 11.3 Å². The highest BCUT2D eigenvalue weighted by molar-refractivity contribution is 7.16. The lowest BCUT2D eigenvalue weighted by Crippen LogP contribution is -2.45. The predicted octanol–water partition coefficient (Wildman–Crippen LogP) is 4.72. The van der Waals surface area contributed by atoms with Gasteiger partial charge in [0.15, 0.2) is 0 Å². The fourth-order valence-electron chi connectivity index (χ4n) is 4.60. The molecule has 0 bridgehead atoms. The van der Waals surface area contributed by atoms with Gasteiger partial charge < -0.3 is 9.47 Å². The number of hydrogen-bond acceptors (Lipinski definition) is 5. The summed E-state index contributed by atoms with van der Waals surface area (Å²) in [5.41, 5.74) is 2.84. The molecule has 5 rings (SSSR count). The lowest BCUT2D eigenvalue weighted by atomic mass is 9.85. The van der Waals surface area contributed by atoms with Gasteiger partial charge in [-0.2, -0.15) is 5.10 Å². The Balaban J connectivity index is 0.000000994. The lowest BCUT2D eigenvalue weighted by Gasteiger charge is -2.43. The third kappa shape index (κ3) is 4.42. The van der Waals surface area contributed by atoms with Crippen molar-refractivity contribution in [3.63, 3.8) is 0 Å². The van der Waals surface area contributed by atoms with Gasteiger partial charge in [0.25, 0.3) is 0 Å². The second-order valence-corrected chi connectivity index (χ2v) is 10.3. The molecular weight excluding hydrogens is 406 g/mol. The van der Waals surface area contributed by atoms with Crippen molar-refractivity contribution in [1.82, 2.24) is 14.7 Å². The average molecular weight is 438 g/mol. The minimum absolute atomic E-state index is 0.106. The maximum atomic E-state index is 6.32. The van der Waals surface area contributed by atoms with Crippen molar-refractivity contribution in [1.29, 1.82) is 0 Å². The van der Waals surface area contributed by atoms with Crippen LogP contribution in [0.1, 0.15) is 49.6 Å². The highest BCUT2D eigenvalue weighted by Gasteiger charge is 2.42. The van der Waals surface area contributed by atoms with Gasteiger partial charge >= 0.3 is 0 Å². The first-order chi connectivity index (χ1) is 14.0. The van der Waals surface area contributed by atoms with Crippen LogP contribution < -0.4 is 0 Å². The second-order valence-electron chi connectivity index (χ2n) is 8.62. The summed E-state index contributed by atoms with van der Waals surface area (Å²) in [6, 6.07) is 2.14. The number of rotatable bonds is 4. The van der Waals surface area contributed by atoms with Crippen LogP contribution in [0.5, 0.6) is 0 Å². The zero-order valence-corrected chi connectivity index (χ0v) is 19.3. The minimum atomic E-state index is -0.106. The molecule has 2 aromatic heterocycles. The zero-order valence-electron chi connectivity index (χ0n) is 17.7. The van der Waals surface area contributed by atoms with Crippen molar-refractivity contribution in [2.24, 2.45) is 5.41 Å². The number of piperidine rings is 1. The summed E-state index contributed by atoms with van der Waals surface area (Å²) in [5, 5.41) is 4.56. The molecule has 0 saturated carbocycles. The summed E-state index contributed by atoms with van der Waals surface area (Å²) in [7, 11) is 0. The monoisotopic (exact) mass is 437 g/mol. The van der Waals surface area contributed by atoms with Gasteiger partial charge in [0, 0.05) is 41.7 Å². The molecule has 0 aromatic carbocycles. The molecule has 3 aliphatic heterocycles. The molecule has 1 spiro atoms.